The molecule has 6 heteroatoms. The third kappa shape index (κ3) is 1.90. The van der Waals surface area contributed by atoms with E-state index in [0.29, 0.717) is 6.54 Å². The Bertz CT molecular complexity index is 612. The maximum absolute atomic E-state index is 5.64. The minimum absolute atomic E-state index is 0.286. The second kappa shape index (κ2) is 4.53. The van der Waals surface area contributed by atoms with Crippen LogP contribution in [0.2, 0.25) is 0 Å². The number of rotatable bonds is 2. The maximum Gasteiger partial charge on any atom is 0.231 e. The van der Waals surface area contributed by atoms with Gasteiger partial charge in [0.2, 0.25) is 6.79 Å². The van der Waals surface area contributed by atoms with Crippen molar-refractivity contribution >= 4 is 27.3 Å². The smallest absolute Gasteiger partial charge is 0.231 e. The van der Waals surface area contributed by atoms with Gasteiger partial charge in [0.15, 0.2) is 11.5 Å². The highest BCUT2D eigenvalue weighted by molar-refractivity contribution is 9.11. The molecule has 18 heavy (non-hydrogen) atoms. The van der Waals surface area contributed by atoms with Gasteiger partial charge in [0, 0.05) is 12.1 Å². The van der Waals surface area contributed by atoms with Crippen molar-refractivity contribution in [2.45, 2.75) is 13.5 Å². The van der Waals surface area contributed by atoms with E-state index < -0.39 is 0 Å². The van der Waals surface area contributed by atoms with Crippen LogP contribution in [0.15, 0.2) is 15.9 Å². The van der Waals surface area contributed by atoms with E-state index in [2.05, 4.69) is 20.9 Å². The lowest BCUT2D eigenvalue weighted by molar-refractivity contribution is 0.174. The van der Waals surface area contributed by atoms with E-state index >= 15 is 0 Å². The lowest BCUT2D eigenvalue weighted by atomic mass is 10.1. The zero-order valence-corrected chi connectivity index (χ0v) is 12.1. The monoisotopic (exact) mass is 326 g/mol. The first-order valence-electron chi connectivity index (χ1n) is 5.45. The van der Waals surface area contributed by atoms with Crippen LogP contribution in [-0.2, 0) is 6.54 Å². The summed E-state index contributed by atoms with van der Waals surface area (Å²) in [5.41, 5.74) is 8.70. The summed E-state index contributed by atoms with van der Waals surface area (Å²) in [6, 6.07) is 3.96. The highest BCUT2D eigenvalue weighted by atomic mass is 79.9. The van der Waals surface area contributed by atoms with Crippen molar-refractivity contribution in [3.8, 4) is 22.1 Å². The highest BCUT2D eigenvalue weighted by Crippen LogP contribution is 2.40. The first kappa shape index (κ1) is 12.0. The molecule has 0 fully saturated rings. The van der Waals surface area contributed by atoms with Gasteiger partial charge in [0.1, 0.15) is 5.01 Å². The van der Waals surface area contributed by atoms with Gasteiger partial charge in [-0.05, 0) is 40.5 Å². The largest absolute Gasteiger partial charge is 0.454 e. The number of aryl methyl sites for hydroxylation is 1. The summed E-state index contributed by atoms with van der Waals surface area (Å²) in [4.78, 5) is 4.54. The molecule has 1 aromatic heterocycles. The first-order valence-corrected chi connectivity index (χ1v) is 7.06. The number of fused-ring (bicyclic) bond motifs is 1. The molecule has 0 saturated heterocycles. The molecule has 1 aliphatic rings. The number of ether oxygens (including phenoxy) is 2. The van der Waals surface area contributed by atoms with Crippen molar-refractivity contribution < 1.29 is 9.47 Å². The number of halogens is 1. The predicted octanol–water partition coefficient (Wildman–Crippen LogP) is 3.07. The van der Waals surface area contributed by atoms with E-state index in [1.54, 1.807) is 11.3 Å². The van der Waals surface area contributed by atoms with Gasteiger partial charge in [-0.15, -0.1) is 11.3 Å². The van der Waals surface area contributed by atoms with E-state index in [4.69, 9.17) is 15.2 Å². The summed E-state index contributed by atoms with van der Waals surface area (Å²) in [5, 5.41) is 0.943. The molecule has 0 saturated carbocycles. The second-order valence-corrected chi connectivity index (χ2v) is 6.28. The van der Waals surface area contributed by atoms with Gasteiger partial charge in [-0.25, -0.2) is 4.98 Å². The first-order chi connectivity index (χ1) is 8.69. The zero-order chi connectivity index (χ0) is 12.7. The van der Waals surface area contributed by atoms with Gasteiger partial charge in [0.05, 0.1) is 9.48 Å². The summed E-state index contributed by atoms with van der Waals surface area (Å²) < 4.78 is 11.7. The van der Waals surface area contributed by atoms with Crippen LogP contribution in [0.5, 0.6) is 11.5 Å². The number of nitrogens with zero attached hydrogens (tertiary/aromatic N) is 1. The minimum Gasteiger partial charge on any atom is -0.454 e. The van der Waals surface area contributed by atoms with Crippen LogP contribution in [0, 0.1) is 6.92 Å². The fourth-order valence-electron chi connectivity index (χ4n) is 1.85. The van der Waals surface area contributed by atoms with E-state index in [-0.39, 0.29) is 6.79 Å². The molecule has 2 aromatic rings. The summed E-state index contributed by atoms with van der Waals surface area (Å²) in [6.07, 6.45) is 0. The van der Waals surface area contributed by atoms with Gasteiger partial charge < -0.3 is 15.2 Å². The van der Waals surface area contributed by atoms with Crippen molar-refractivity contribution in [2.75, 3.05) is 6.79 Å². The van der Waals surface area contributed by atoms with Crippen molar-refractivity contribution in [1.82, 2.24) is 4.98 Å². The molecule has 4 nitrogen and oxygen atoms in total. The Kier molecular flexibility index (Phi) is 3.01. The summed E-state index contributed by atoms with van der Waals surface area (Å²) in [6.45, 7) is 2.75. The highest BCUT2D eigenvalue weighted by Gasteiger charge is 2.18. The Morgan fingerprint density at radius 1 is 1.39 bits per heavy atom. The Morgan fingerprint density at radius 3 is 2.78 bits per heavy atom. The van der Waals surface area contributed by atoms with Crippen molar-refractivity contribution in [2.24, 2.45) is 5.73 Å². The number of benzene rings is 1. The zero-order valence-electron chi connectivity index (χ0n) is 9.70. The number of aromatic nitrogens is 1. The molecular weight excluding hydrogens is 316 g/mol. The molecule has 94 valence electrons. The van der Waals surface area contributed by atoms with Crippen LogP contribution in [0.4, 0.5) is 0 Å². The summed E-state index contributed by atoms with van der Waals surface area (Å²) in [7, 11) is 0. The molecule has 2 N–H and O–H groups in total. The molecule has 3 rings (SSSR count). The maximum atomic E-state index is 5.64. The Morgan fingerprint density at radius 2 is 2.11 bits per heavy atom. The number of hydrogen-bond acceptors (Lipinski definition) is 5. The lowest BCUT2D eigenvalue weighted by Crippen LogP contribution is -1.97. The van der Waals surface area contributed by atoms with Crippen molar-refractivity contribution in [3.05, 3.63) is 27.2 Å². The van der Waals surface area contributed by atoms with Gasteiger partial charge in [-0.3, -0.25) is 0 Å². The molecule has 1 aliphatic heterocycles. The van der Waals surface area contributed by atoms with E-state index in [0.717, 1.165) is 37.1 Å². The average Bonchev–Trinajstić information content (AvgIpc) is 2.93. The van der Waals surface area contributed by atoms with Crippen molar-refractivity contribution in [3.63, 3.8) is 0 Å². The average molecular weight is 327 g/mol. The van der Waals surface area contributed by atoms with Crippen LogP contribution in [0.3, 0.4) is 0 Å². The molecule has 2 heterocycles. The van der Waals surface area contributed by atoms with Crippen LogP contribution in [0.1, 0.15) is 11.3 Å². The molecule has 1 aromatic carbocycles. The van der Waals surface area contributed by atoms with Gasteiger partial charge in [0.25, 0.3) is 0 Å². The van der Waals surface area contributed by atoms with E-state index in [1.807, 2.05) is 19.1 Å². The topological polar surface area (TPSA) is 57.4 Å². The predicted molar refractivity (Wildman–Crippen MR) is 74.0 cm³/mol. The van der Waals surface area contributed by atoms with Gasteiger partial charge in [-0.1, -0.05) is 0 Å². The molecule has 0 amide bonds. The fourth-order valence-corrected chi connectivity index (χ4v) is 3.46. The normalized spacial score (nSPS) is 13.1. The second-order valence-electron chi connectivity index (χ2n) is 3.96. The molecule has 0 radical (unpaired) electrons. The fraction of sp³-hybridized carbons (Fsp3) is 0.250. The number of nitrogens with two attached hydrogens (primary N) is 1. The van der Waals surface area contributed by atoms with Crippen LogP contribution in [-0.4, -0.2) is 11.8 Å². The molecule has 0 spiro atoms. The number of thiazole rings is 1. The van der Waals surface area contributed by atoms with E-state index in [9.17, 15) is 0 Å². The summed E-state index contributed by atoms with van der Waals surface area (Å²) >= 11 is 5.06. The third-order valence-electron chi connectivity index (χ3n) is 2.79. The lowest BCUT2D eigenvalue weighted by Gasteiger charge is -2.04. The Hall–Kier alpha value is -1.11. The van der Waals surface area contributed by atoms with Crippen molar-refractivity contribution in [1.29, 1.82) is 0 Å². The third-order valence-corrected chi connectivity index (χ3v) is 4.66. The van der Waals surface area contributed by atoms with Crippen LogP contribution >= 0.6 is 27.3 Å². The van der Waals surface area contributed by atoms with Gasteiger partial charge >= 0.3 is 0 Å². The summed E-state index contributed by atoms with van der Waals surface area (Å²) in [5.74, 6) is 1.57. The quantitative estimate of drug-likeness (QED) is 0.921. The number of hydrogen-bond donors (Lipinski definition) is 1. The molecular formula is C12H11BrN2O2S. The Labute approximate surface area is 117 Å². The van der Waals surface area contributed by atoms with Crippen LogP contribution < -0.4 is 15.2 Å². The van der Waals surface area contributed by atoms with Gasteiger partial charge in [-0.2, -0.15) is 0 Å². The van der Waals surface area contributed by atoms with Crippen LogP contribution in [0.25, 0.3) is 10.6 Å². The molecule has 0 aliphatic carbocycles. The Balaban J connectivity index is 2.10. The minimum atomic E-state index is 0.286. The SMILES string of the molecule is Cc1cc2c(cc1-c1nc(CN)c(Br)s1)OCO2. The molecule has 0 bridgehead atoms. The standard InChI is InChI=1S/C12H11BrN2O2S/c1-6-2-9-10(17-5-16-9)3-7(6)12-15-8(4-14)11(13)18-12/h2-3H,4-5,14H2,1H3. The molecule has 0 unspecified atom stereocenters. The molecule has 0 atom stereocenters. The van der Waals surface area contributed by atoms with E-state index in [1.165, 1.54) is 0 Å².